The first-order chi connectivity index (χ1) is 26.3. The van der Waals surface area contributed by atoms with Crippen molar-refractivity contribution in [1.29, 1.82) is 0 Å². The molecule has 55 heavy (non-hydrogen) atoms. The number of carbonyl (C=O) groups excluding carboxylic acids is 2. The lowest BCUT2D eigenvalue weighted by Gasteiger charge is -2.25. The van der Waals surface area contributed by atoms with E-state index in [9.17, 15) is 9.59 Å². The van der Waals surface area contributed by atoms with Crippen LogP contribution in [0.2, 0.25) is 0 Å². The second-order valence-corrected chi connectivity index (χ2v) is 18.9. The van der Waals surface area contributed by atoms with E-state index in [0.717, 1.165) is 64.6 Å². The van der Waals surface area contributed by atoms with Crippen molar-refractivity contribution >= 4 is 11.9 Å². The molecule has 2 atom stereocenters. The number of nitrogens with zero attached hydrogens (tertiary/aromatic N) is 1. The van der Waals surface area contributed by atoms with E-state index in [2.05, 4.69) is 81.1 Å². The van der Waals surface area contributed by atoms with E-state index in [4.69, 9.17) is 14.2 Å². The molecule has 0 heterocycles. The van der Waals surface area contributed by atoms with Crippen molar-refractivity contribution in [3.05, 3.63) is 0 Å². The van der Waals surface area contributed by atoms with E-state index in [-0.39, 0.29) is 11.9 Å². The van der Waals surface area contributed by atoms with Crippen LogP contribution in [0.1, 0.15) is 224 Å². The third-order valence-electron chi connectivity index (χ3n) is 11.9. The second-order valence-electron chi connectivity index (χ2n) is 18.9. The summed E-state index contributed by atoms with van der Waals surface area (Å²) in [6.07, 6.45) is 26.3. The van der Waals surface area contributed by atoms with E-state index >= 15 is 0 Å². The molecule has 0 rings (SSSR count). The van der Waals surface area contributed by atoms with Crippen molar-refractivity contribution in [3.8, 4) is 0 Å². The zero-order valence-electron chi connectivity index (χ0n) is 38.9. The quantitative estimate of drug-likeness (QED) is 0.0457. The van der Waals surface area contributed by atoms with Crippen LogP contribution in [0.4, 0.5) is 0 Å². The lowest BCUT2D eigenvalue weighted by atomic mass is 9.89. The first kappa shape index (κ1) is 53.9. The van der Waals surface area contributed by atoms with Crippen molar-refractivity contribution in [2.24, 2.45) is 35.5 Å². The second kappa shape index (κ2) is 36.0. The molecule has 0 saturated heterocycles. The summed E-state index contributed by atoms with van der Waals surface area (Å²) in [5.41, 5.74) is 0. The Labute approximate surface area is 344 Å². The highest BCUT2D eigenvalue weighted by Gasteiger charge is 2.18. The van der Waals surface area contributed by atoms with Gasteiger partial charge in [-0.3, -0.25) is 9.59 Å². The monoisotopic (exact) mass is 780 g/mol. The van der Waals surface area contributed by atoms with Crippen molar-refractivity contribution in [2.45, 2.75) is 236 Å². The maximum atomic E-state index is 12.3. The molecule has 0 spiro atoms. The predicted octanol–water partition coefficient (Wildman–Crippen LogP) is 14.0. The number of hydrogen-bond acceptors (Lipinski definition) is 6. The molecule has 0 fully saturated rings. The third-order valence-corrected chi connectivity index (χ3v) is 11.9. The molecule has 0 aliphatic rings. The number of carbonyl (C=O) groups is 2. The SMILES string of the molecule is CCN(CCCOC(CCCCCCCCCC(=O)OCC(CCC(C)C)C(C)C)CCCCCCCCCC(=O)OCC(CCC(C)C)C(C)C)C(C)C. The van der Waals surface area contributed by atoms with Crippen LogP contribution in [0.5, 0.6) is 0 Å². The molecule has 0 bridgehead atoms. The van der Waals surface area contributed by atoms with Gasteiger partial charge in [0.25, 0.3) is 0 Å². The molecule has 6 heteroatoms. The Kier molecular flexibility index (Phi) is 35.2. The molecule has 6 nitrogen and oxygen atoms in total. The number of esters is 2. The van der Waals surface area contributed by atoms with Gasteiger partial charge in [-0.2, -0.15) is 0 Å². The largest absolute Gasteiger partial charge is 0.465 e. The van der Waals surface area contributed by atoms with Crippen molar-refractivity contribution in [1.82, 2.24) is 4.90 Å². The molecule has 0 amide bonds. The number of ether oxygens (including phenoxy) is 3. The number of unbranched alkanes of at least 4 members (excludes halogenated alkanes) is 12. The summed E-state index contributed by atoms with van der Waals surface area (Å²) in [7, 11) is 0. The lowest BCUT2D eigenvalue weighted by Crippen LogP contribution is -2.32. The highest BCUT2D eigenvalue weighted by Crippen LogP contribution is 2.23. The Balaban J connectivity index is 4.26. The van der Waals surface area contributed by atoms with Gasteiger partial charge in [0.2, 0.25) is 0 Å². The lowest BCUT2D eigenvalue weighted by molar-refractivity contribution is -0.146. The normalized spacial score (nSPS) is 13.8. The molecular formula is C49H97NO5. The Morgan fingerprint density at radius 3 is 1.20 bits per heavy atom. The Bertz CT molecular complexity index is 813. The molecule has 2 unspecified atom stereocenters. The van der Waals surface area contributed by atoms with Gasteiger partial charge in [0.15, 0.2) is 0 Å². The van der Waals surface area contributed by atoms with E-state index in [1.165, 1.54) is 89.9 Å². The summed E-state index contributed by atoms with van der Waals surface area (Å²) in [6, 6.07) is 0.590. The van der Waals surface area contributed by atoms with Gasteiger partial charge in [0, 0.05) is 32.0 Å². The van der Waals surface area contributed by atoms with Crippen LogP contribution >= 0.6 is 0 Å². The van der Waals surface area contributed by atoms with E-state index < -0.39 is 0 Å². The summed E-state index contributed by atoms with van der Waals surface area (Å²) in [6.45, 7) is 29.1. The first-order valence-electron chi connectivity index (χ1n) is 23.9. The van der Waals surface area contributed by atoms with Gasteiger partial charge < -0.3 is 19.1 Å². The van der Waals surface area contributed by atoms with Gasteiger partial charge in [-0.05, 0) is 101 Å². The topological polar surface area (TPSA) is 65.1 Å². The molecule has 0 N–H and O–H groups in total. The first-order valence-corrected chi connectivity index (χ1v) is 23.9. The van der Waals surface area contributed by atoms with E-state index in [1.54, 1.807) is 0 Å². The van der Waals surface area contributed by atoms with E-state index in [1.807, 2.05) is 0 Å². The van der Waals surface area contributed by atoms with Gasteiger partial charge in [-0.25, -0.2) is 0 Å². The minimum Gasteiger partial charge on any atom is -0.465 e. The van der Waals surface area contributed by atoms with Crippen LogP contribution in [0.3, 0.4) is 0 Å². The van der Waals surface area contributed by atoms with Gasteiger partial charge >= 0.3 is 11.9 Å². The van der Waals surface area contributed by atoms with Crippen LogP contribution in [-0.4, -0.2) is 61.9 Å². The Morgan fingerprint density at radius 2 is 0.855 bits per heavy atom. The predicted molar refractivity (Wildman–Crippen MR) is 237 cm³/mol. The molecule has 328 valence electrons. The third kappa shape index (κ3) is 33.5. The fraction of sp³-hybridized carbons (Fsp3) is 0.959. The summed E-state index contributed by atoms with van der Waals surface area (Å²) in [4.78, 5) is 27.2. The molecule has 0 saturated carbocycles. The van der Waals surface area contributed by atoms with Gasteiger partial charge in [-0.15, -0.1) is 0 Å². The van der Waals surface area contributed by atoms with E-state index in [0.29, 0.717) is 73.7 Å². The van der Waals surface area contributed by atoms with Gasteiger partial charge in [0.05, 0.1) is 19.3 Å². The highest BCUT2D eigenvalue weighted by molar-refractivity contribution is 5.69. The minimum absolute atomic E-state index is 0.00947. The zero-order chi connectivity index (χ0) is 41.3. The van der Waals surface area contributed by atoms with Crippen LogP contribution in [0.15, 0.2) is 0 Å². The summed E-state index contributed by atoms with van der Waals surface area (Å²) >= 11 is 0. The summed E-state index contributed by atoms with van der Waals surface area (Å²) < 4.78 is 17.9. The zero-order valence-corrected chi connectivity index (χ0v) is 38.9. The average Bonchev–Trinajstić information content (AvgIpc) is 3.12. The van der Waals surface area contributed by atoms with Crippen molar-refractivity contribution in [2.75, 3.05) is 32.9 Å². The molecule has 0 aromatic heterocycles. The van der Waals surface area contributed by atoms with Crippen molar-refractivity contribution in [3.63, 3.8) is 0 Å². The number of rotatable bonds is 39. The molecule has 0 aliphatic carbocycles. The maximum Gasteiger partial charge on any atom is 0.305 e. The fourth-order valence-corrected chi connectivity index (χ4v) is 7.52. The van der Waals surface area contributed by atoms with Crippen LogP contribution < -0.4 is 0 Å². The molecule has 0 aromatic rings. The number of hydrogen-bond donors (Lipinski definition) is 0. The fourth-order valence-electron chi connectivity index (χ4n) is 7.52. The maximum absolute atomic E-state index is 12.3. The average molecular weight is 780 g/mol. The van der Waals surface area contributed by atoms with Crippen LogP contribution in [0.25, 0.3) is 0 Å². The van der Waals surface area contributed by atoms with Crippen LogP contribution in [0, 0.1) is 35.5 Å². The molecular weight excluding hydrogens is 683 g/mol. The highest BCUT2D eigenvalue weighted by atomic mass is 16.5. The Hall–Kier alpha value is -1.14. The smallest absolute Gasteiger partial charge is 0.305 e. The van der Waals surface area contributed by atoms with Gasteiger partial charge in [-0.1, -0.05) is 152 Å². The molecule has 0 radical (unpaired) electrons. The van der Waals surface area contributed by atoms with Crippen LogP contribution in [-0.2, 0) is 23.8 Å². The summed E-state index contributed by atoms with van der Waals surface area (Å²) in [5.74, 6) is 3.44. The standard InChI is InChI=1S/C49H97NO5/c1-12-50(44(10)11)36-27-37-53-47(28-23-19-15-13-17-21-25-30-48(51)54-38-45(42(6)7)34-32-40(2)3)29-24-20-16-14-18-22-26-31-49(52)55-39-46(43(8)9)35-33-41(4)5/h40-47H,12-39H2,1-11H3. The molecule has 0 aliphatic heterocycles. The Morgan fingerprint density at radius 1 is 0.473 bits per heavy atom. The minimum atomic E-state index is -0.00947. The van der Waals surface area contributed by atoms with Crippen molar-refractivity contribution < 1.29 is 23.8 Å². The molecule has 0 aromatic carbocycles. The summed E-state index contributed by atoms with van der Waals surface area (Å²) in [5, 5.41) is 0. The van der Waals surface area contributed by atoms with Gasteiger partial charge in [0.1, 0.15) is 0 Å².